The van der Waals surface area contributed by atoms with Crippen LogP contribution in [0.25, 0.3) is 0 Å². The standard InChI is InChI=1S/C17H18F3N5O3/c1-16(2,9-26)12-7-13(28-24-12)23-15(27)25-6-5-21-14(25)11-4-3-10(8-22-11)17(18,19)20/h3-4,7-8,26H,5-6,9H2,1-2H3,(H,23,27). The predicted octanol–water partition coefficient (Wildman–Crippen LogP) is 2.65. The maximum Gasteiger partial charge on any atom is 0.417 e. The lowest BCUT2D eigenvalue weighted by atomic mass is 9.91. The van der Waals surface area contributed by atoms with E-state index in [1.807, 2.05) is 0 Å². The summed E-state index contributed by atoms with van der Waals surface area (Å²) in [7, 11) is 0. The minimum absolute atomic E-state index is 0.0770. The van der Waals surface area contributed by atoms with Crippen molar-refractivity contribution in [2.45, 2.75) is 25.4 Å². The molecular formula is C17H18F3N5O3. The molecule has 0 saturated heterocycles. The fraction of sp³-hybridized carbons (Fsp3) is 0.412. The average Bonchev–Trinajstić information content (AvgIpc) is 3.31. The van der Waals surface area contributed by atoms with Crippen LogP contribution in [0.2, 0.25) is 0 Å². The number of amides is 2. The summed E-state index contributed by atoms with van der Waals surface area (Å²) in [6, 6.07) is 2.97. The van der Waals surface area contributed by atoms with Gasteiger partial charge in [-0.2, -0.15) is 13.2 Å². The van der Waals surface area contributed by atoms with E-state index in [2.05, 4.69) is 20.4 Å². The van der Waals surface area contributed by atoms with Crippen LogP contribution < -0.4 is 5.32 Å². The van der Waals surface area contributed by atoms with Crippen molar-refractivity contribution in [3.63, 3.8) is 0 Å². The lowest BCUT2D eigenvalue weighted by molar-refractivity contribution is -0.137. The Labute approximate surface area is 158 Å². The summed E-state index contributed by atoms with van der Waals surface area (Å²) in [6.45, 7) is 3.91. The Kier molecular flexibility index (Phi) is 5.11. The number of carbonyl (C=O) groups is 1. The number of hydrogen-bond acceptors (Lipinski definition) is 6. The van der Waals surface area contributed by atoms with E-state index in [1.165, 1.54) is 17.0 Å². The first kappa shape index (κ1) is 19.8. The number of aliphatic imine (C=N–C) groups is 1. The monoisotopic (exact) mass is 397 g/mol. The fourth-order valence-electron chi connectivity index (χ4n) is 2.46. The van der Waals surface area contributed by atoms with Crippen molar-refractivity contribution in [2.75, 3.05) is 25.0 Å². The minimum Gasteiger partial charge on any atom is -0.395 e. The molecule has 1 aliphatic rings. The van der Waals surface area contributed by atoms with Crippen LogP contribution in [0.15, 0.2) is 33.9 Å². The van der Waals surface area contributed by atoms with Gasteiger partial charge >= 0.3 is 12.2 Å². The summed E-state index contributed by atoms with van der Waals surface area (Å²) in [5.41, 5.74) is -0.909. The van der Waals surface area contributed by atoms with Crippen molar-refractivity contribution in [1.82, 2.24) is 15.0 Å². The van der Waals surface area contributed by atoms with Gasteiger partial charge in [0.15, 0.2) is 5.84 Å². The van der Waals surface area contributed by atoms with Gasteiger partial charge in [0, 0.05) is 24.2 Å². The molecule has 8 nitrogen and oxygen atoms in total. The normalized spacial score (nSPS) is 14.9. The van der Waals surface area contributed by atoms with Crippen LogP contribution in [-0.2, 0) is 11.6 Å². The van der Waals surface area contributed by atoms with Crippen molar-refractivity contribution < 1.29 is 27.6 Å². The molecule has 150 valence electrons. The fourth-order valence-corrected chi connectivity index (χ4v) is 2.46. The third kappa shape index (κ3) is 3.98. The summed E-state index contributed by atoms with van der Waals surface area (Å²) in [5.74, 6) is 0.245. The Morgan fingerprint density at radius 1 is 1.36 bits per heavy atom. The molecule has 28 heavy (non-hydrogen) atoms. The second-order valence-electron chi connectivity index (χ2n) is 6.84. The van der Waals surface area contributed by atoms with Crippen molar-refractivity contribution >= 4 is 17.8 Å². The van der Waals surface area contributed by atoms with E-state index in [0.29, 0.717) is 18.4 Å². The lowest BCUT2D eigenvalue weighted by Crippen LogP contribution is -2.38. The number of alkyl halides is 3. The maximum absolute atomic E-state index is 12.7. The largest absolute Gasteiger partial charge is 0.417 e. The van der Waals surface area contributed by atoms with Gasteiger partial charge in [0.2, 0.25) is 5.88 Å². The van der Waals surface area contributed by atoms with E-state index in [4.69, 9.17) is 4.52 Å². The minimum atomic E-state index is -4.49. The molecule has 0 saturated carbocycles. The van der Waals surface area contributed by atoms with E-state index in [0.717, 1.165) is 6.07 Å². The van der Waals surface area contributed by atoms with E-state index in [1.54, 1.807) is 13.8 Å². The summed E-state index contributed by atoms with van der Waals surface area (Å²) < 4.78 is 43.1. The Hall–Kier alpha value is -2.95. The molecule has 0 unspecified atom stereocenters. The molecule has 2 aromatic rings. The van der Waals surface area contributed by atoms with Crippen molar-refractivity contribution in [2.24, 2.45) is 4.99 Å². The highest BCUT2D eigenvalue weighted by atomic mass is 19.4. The summed E-state index contributed by atoms with van der Waals surface area (Å²) in [5, 5.41) is 15.7. The van der Waals surface area contributed by atoms with Gasteiger partial charge in [-0.15, -0.1) is 0 Å². The molecule has 0 fully saturated rings. The quantitative estimate of drug-likeness (QED) is 0.826. The van der Waals surface area contributed by atoms with Gasteiger partial charge in [-0.25, -0.2) is 4.79 Å². The zero-order valence-corrected chi connectivity index (χ0v) is 15.1. The molecule has 0 aliphatic carbocycles. The highest BCUT2D eigenvalue weighted by molar-refractivity contribution is 6.10. The van der Waals surface area contributed by atoms with Crippen LogP contribution >= 0.6 is 0 Å². The van der Waals surface area contributed by atoms with Gasteiger partial charge in [0.05, 0.1) is 24.4 Å². The Balaban J connectivity index is 1.73. The average molecular weight is 397 g/mol. The van der Waals surface area contributed by atoms with Crippen molar-refractivity contribution in [3.05, 3.63) is 41.3 Å². The highest BCUT2D eigenvalue weighted by Crippen LogP contribution is 2.29. The Bertz CT molecular complexity index is 890. The topological polar surface area (TPSA) is 104 Å². The number of pyridine rings is 1. The van der Waals surface area contributed by atoms with Gasteiger partial charge in [-0.3, -0.25) is 20.2 Å². The third-order valence-corrected chi connectivity index (χ3v) is 4.23. The highest BCUT2D eigenvalue weighted by Gasteiger charge is 2.32. The molecule has 0 radical (unpaired) electrons. The van der Waals surface area contributed by atoms with Crippen LogP contribution in [-0.4, -0.2) is 51.7 Å². The number of amidine groups is 1. The molecule has 2 amide bonds. The molecule has 0 bridgehead atoms. The number of anilines is 1. The van der Waals surface area contributed by atoms with Crippen molar-refractivity contribution in [1.29, 1.82) is 0 Å². The molecule has 1 aliphatic heterocycles. The maximum atomic E-state index is 12.7. The molecule has 0 atom stereocenters. The van der Waals surface area contributed by atoms with Crippen LogP contribution in [0, 0.1) is 0 Å². The summed E-state index contributed by atoms with van der Waals surface area (Å²) in [6.07, 6.45) is -3.79. The smallest absolute Gasteiger partial charge is 0.395 e. The molecule has 3 rings (SSSR count). The summed E-state index contributed by atoms with van der Waals surface area (Å²) >= 11 is 0. The number of aliphatic hydroxyl groups is 1. The van der Waals surface area contributed by atoms with Gasteiger partial charge in [-0.05, 0) is 12.1 Å². The summed E-state index contributed by atoms with van der Waals surface area (Å²) in [4.78, 5) is 21.7. The van der Waals surface area contributed by atoms with Crippen molar-refractivity contribution in [3.8, 4) is 0 Å². The first-order valence-electron chi connectivity index (χ1n) is 8.36. The Morgan fingerprint density at radius 2 is 2.11 bits per heavy atom. The number of aliphatic hydroxyl groups excluding tert-OH is 1. The van der Waals surface area contributed by atoms with Crippen LogP contribution in [0.4, 0.5) is 23.8 Å². The molecule has 0 spiro atoms. The molecule has 0 aromatic carbocycles. The SMILES string of the molecule is CC(C)(CO)c1cc(NC(=O)N2CCN=C2c2ccc(C(F)(F)F)cn2)on1. The third-order valence-electron chi connectivity index (χ3n) is 4.23. The van der Waals surface area contributed by atoms with Crippen LogP contribution in [0.5, 0.6) is 0 Å². The molecule has 11 heteroatoms. The van der Waals surface area contributed by atoms with E-state index < -0.39 is 23.2 Å². The number of nitrogens with one attached hydrogen (secondary N) is 1. The molecule has 2 N–H and O–H groups in total. The van der Waals surface area contributed by atoms with E-state index in [-0.39, 0.29) is 30.6 Å². The van der Waals surface area contributed by atoms with Gasteiger partial charge in [0.1, 0.15) is 5.69 Å². The van der Waals surface area contributed by atoms with Gasteiger partial charge in [0.25, 0.3) is 0 Å². The van der Waals surface area contributed by atoms with Gasteiger partial charge < -0.3 is 9.63 Å². The second kappa shape index (κ2) is 7.23. The zero-order valence-electron chi connectivity index (χ0n) is 15.1. The second-order valence-corrected chi connectivity index (χ2v) is 6.84. The number of urea groups is 1. The van der Waals surface area contributed by atoms with Gasteiger partial charge in [-0.1, -0.05) is 19.0 Å². The predicted molar refractivity (Wildman–Crippen MR) is 93.0 cm³/mol. The molecule has 3 heterocycles. The molecular weight excluding hydrogens is 379 g/mol. The molecule has 2 aromatic heterocycles. The number of nitrogens with zero attached hydrogens (tertiary/aromatic N) is 4. The number of hydrogen-bond donors (Lipinski definition) is 2. The van der Waals surface area contributed by atoms with Crippen LogP contribution in [0.1, 0.15) is 30.8 Å². The van der Waals surface area contributed by atoms with E-state index >= 15 is 0 Å². The van der Waals surface area contributed by atoms with Crippen LogP contribution in [0.3, 0.4) is 0 Å². The Morgan fingerprint density at radius 3 is 2.71 bits per heavy atom. The number of halogens is 3. The number of aromatic nitrogens is 2. The number of carbonyl (C=O) groups excluding carboxylic acids is 1. The number of rotatable bonds is 4. The first-order valence-corrected chi connectivity index (χ1v) is 8.36. The first-order chi connectivity index (χ1) is 13.1. The zero-order chi connectivity index (χ0) is 20.5. The lowest BCUT2D eigenvalue weighted by Gasteiger charge is -2.18. The van der Waals surface area contributed by atoms with E-state index in [9.17, 15) is 23.1 Å².